The maximum Gasteiger partial charge on any atom is 0.248 e. The molecule has 0 atom stereocenters. The lowest BCUT2D eigenvalue weighted by Crippen LogP contribution is -2.36. The quantitative estimate of drug-likeness (QED) is 0.514. The molecule has 0 saturated carbocycles. The first-order valence-electron chi connectivity index (χ1n) is 8.13. The van der Waals surface area contributed by atoms with Gasteiger partial charge in [0.2, 0.25) is 5.91 Å². The molecule has 26 heavy (non-hydrogen) atoms. The lowest BCUT2D eigenvalue weighted by Gasteiger charge is -2.14. The molecule has 2 rings (SSSR count). The van der Waals surface area contributed by atoms with Crippen molar-refractivity contribution in [3.05, 3.63) is 70.5 Å². The van der Waals surface area contributed by atoms with E-state index in [9.17, 15) is 9.18 Å². The van der Waals surface area contributed by atoms with Crippen molar-refractivity contribution in [1.82, 2.24) is 10.6 Å². The van der Waals surface area contributed by atoms with Crippen LogP contribution >= 0.6 is 11.8 Å². The highest BCUT2D eigenvalue weighted by Crippen LogP contribution is 2.16. The molecule has 0 aliphatic heterocycles. The van der Waals surface area contributed by atoms with E-state index in [2.05, 4.69) is 15.6 Å². The summed E-state index contributed by atoms with van der Waals surface area (Å²) in [6.45, 7) is 1.11. The molecule has 4 N–H and O–H groups in total. The molecule has 0 aliphatic rings. The number of carbonyl (C=O) groups is 1. The molecule has 0 aromatic heterocycles. The van der Waals surface area contributed by atoms with Crippen LogP contribution in [0.1, 0.15) is 27.0 Å². The van der Waals surface area contributed by atoms with Crippen molar-refractivity contribution in [3.63, 3.8) is 0 Å². The molecule has 2 aromatic carbocycles. The maximum atomic E-state index is 13.4. The van der Waals surface area contributed by atoms with Gasteiger partial charge in [-0.25, -0.2) is 4.39 Å². The number of hydrogen-bond donors (Lipinski definition) is 3. The number of guanidine groups is 1. The van der Waals surface area contributed by atoms with Crippen LogP contribution in [0.4, 0.5) is 4.39 Å². The number of amides is 1. The summed E-state index contributed by atoms with van der Waals surface area (Å²) in [5, 5.41) is 6.45. The van der Waals surface area contributed by atoms with Crippen molar-refractivity contribution < 1.29 is 9.18 Å². The second-order valence-electron chi connectivity index (χ2n) is 5.69. The standard InChI is InChI=1S/C19H23FN4OS/c1-22-19(23-10-13-3-5-14(6-4-13)18(21)25)24-11-15-7-8-17(20)9-16(15)12-26-2/h3-9H,10-12H2,1-2H3,(H2,21,25)(H2,22,23,24). The monoisotopic (exact) mass is 374 g/mol. The average molecular weight is 374 g/mol. The number of rotatable bonds is 7. The Labute approximate surface area is 157 Å². The minimum atomic E-state index is -0.442. The van der Waals surface area contributed by atoms with Crippen LogP contribution in [0.5, 0.6) is 0 Å². The van der Waals surface area contributed by atoms with Crippen molar-refractivity contribution in [2.75, 3.05) is 13.3 Å². The van der Waals surface area contributed by atoms with Gasteiger partial charge in [-0.1, -0.05) is 18.2 Å². The number of benzene rings is 2. The number of nitrogens with zero attached hydrogens (tertiary/aromatic N) is 1. The van der Waals surface area contributed by atoms with E-state index in [1.54, 1.807) is 43.1 Å². The second-order valence-corrected chi connectivity index (χ2v) is 6.55. The Morgan fingerprint density at radius 1 is 1.12 bits per heavy atom. The zero-order chi connectivity index (χ0) is 18.9. The lowest BCUT2D eigenvalue weighted by atomic mass is 10.1. The largest absolute Gasteiger partial charge is 0.366 e. The van der Waals surface area contributed by atoms with Crippen molar-refractivity contribution >= 4 is 23.6 Å². The molecule has 0 aliphatic carbocycles. The minimum absolute atomic E-state index is 0.222. The first kappa shape index (κ1) is 19.8. The molecule has 0 radical (unpaired) electrons. The fourth-order valence-electron chi connectivity index (χ4n) is 2.43. The highest BCUT2D eigenvalue weighted by Gasteiger charge is 2.06. The third-order valence-corrected chi connectivity index (χ3v) is 4.44. The number of thioether (sulfide) groups is 1. The third kappa shape index (κ3) is 5.77. The smallest absolute Gasteiger partial charge is 0.248 e. The Morgan fingerprint density at radius 3 is 2.42 bits per heavy atom. The van der Waals surface area contributed by atoms with Gasteiger partial charge in [-0.15, -0.1) is 0 Å². The lowest BCUT2D eigenvalue weighted by molar-refractivity contribution is 0.100. The molecular formula is C19H23FN4OS. The van der Waals surface area contributed by atoms with E-state index < -0.39 is 5.91 Å². The maximum absolute atomic E-state index is 13.4. The van der Waals surface area contributed by atoms with Gasteiger partial charge in [0.05, 0.1) is 0 Å². The van der Waals surface area contributed by atoms with Crippen LogP contribution in [-0.2, 0) is 18.8 Å². The Hall–Kier alpha value is -2.54. The van der Waals surface area contributed by atoms with Crippen molar-refractivity contribution in [2.24, 2.45) is 10.7 Å². The zero-order valence-electron chi connectivity index (χ0n) is 14.9. The van der Waals surface area contributed by atoms with Gasteiger partial charge in [0.1, 0.15) is 5.82 Å². The Bertz CT molecular complexity index is 778. The SMILES string of the molecule is CN=C(NCc1ccc(C(N)=O)cc1)NCc1ccc(F)cc1CSC. The van der Waals surface area contributed by atoms with E-state index in [0.717, 1.165) is 22.4 Å². The van der Waals surface area contributed by atoms with Gasteiger partial charge in [0.25, 0.3) is 0 Å². The fourth-order valence-corrected chi connectivity index (χ4v) is 3.01. The number of nitrogens with one attached hydrogen (secondary N) is 2. The number of aliphatic imine (C=N–C) groups is 1. The van der Waals surface area contributed by atoms with Gasteiger partial charge in [0, 0.05) is 31.5 Å². The molecule has 5 nitrogen and oxygen atoms in total. The van der Waals surface area contributed by atoms with Gasteiger partial charge in [-0.05, 0) is 47.2 Å². The molecule has 1 amide bonds. The molecule has 2 aromatic rings. The second kappa shape index (κ2) is 9.82. The summed E-state index contributed by atoms with van der Waals surface area (Å²) >= 11 is 1.66. The normalized spacial score (nSPS) is 11.3. The van der Waals surface area contributed by atoms with Crippen LogP contribution in [0.25, 0.3) is 0 Å². The van der Waals surface area contributed by atoms with Gasteiger partial charge in [0.15, 0.2) is 5.96 Å². The minimum Gasteiger partial charge on any atom is -0.366 e. The van der Waals surface area contributed by atoms with Crippen molar-refractivity contribution in [1.29, 1.82) is 0 Å². The van der Waals surface area contributed by atoms with E-state index in [1.165, 1.54) is 6.07 Å². The highest BCUT2D eigenvalue weighted by molar-refractivity contribution is 7.97. The summed E-state index contributed by atoms with van der Waals surface area (Å²) in [5.74, 6) is 0.734. The van der Waals surface area contributed by atoms with E-state index >= 15 is 0 Å². The molecule has 0 spiro atoms. The highest BCUT2D eigenvalue weighted by atomic mass is 32.2. The van der Waals surface area contributed by atoms with Crippen LogP contribution < -0.4 is 16.4 Å². The molecule has 7 heteroatoms. The van der Waals surface area contributed by atoms with Crippen LogP contribution in [0.15, 0.2) is 47.5 Å². The molecule has 0 saturated heterocycles. The zero-order valence-corrected chi connectivity index (χ0v) is 15.7. The number of carbonyl (C=O) groups excluding carboxylic acids is 1. The number of nitrogens with two attached hydrogens (primary N) is 1. The molecule has 0 bridgehead atoms. The van der Waals surface area contributed by atoms with Crippen molar-refractivity contribution in [3.8, 4) is 0 Å². The third-order valence-electron chi connectivity index (χ3n) is 3.84. The predicted molar refractivity (Wildman–Crippen MR) is 106 cm³/mol. The van der Waals surface area contributed by atoms with Gasteiger partial charge in [-0.3, -0.25) is 9.79 Å². The van der Waals surface area contributed by atoms with Crippen LogP contribution in [0.3, 0.4) is 0 Å². The van der Waals surface area contributed by atoms with Crippen molar-refractivity contribution in [2.45, 2.75) is 18.8 Å². The van der Waals surface area contributed by atoms with E-state index in [-0.39, 0.29) is 5.82 Å². The average Bonchev–Trinajstić information content (AvgIpc) is 2.64. The summed E-state index contributed by atoms with van der Waals surface area (Å²) < 4.78 is 13.4. The Kier molecular flexibility index (Phi) is 7.47. The summed E-state index contributed by atoms with van der Waals surface area (Å²) in [6.07, 6.45) is 1.99. The van der Waals surface area contributed by atoms with E-state index in [4.69, 9.17) is 5.73 Å². The van der Waals surface area contributed by atoms with Gasteiger partial charge in [-0.2, -0.15) is 11.8 Å². The molecule has 138 valence electrons. The number of primary amides is 1. The van der Waals surface area contributed by atoms with Crippen LogP contribution in [-0.4, -0.2) is 25.2 Å². The number of hydrogen-bond acceptors (Lipinski definition) is 3. The molecule has 0 fully saturated rings. The summed E-state index contributed by atoms with van der Waals surface area (Å²) in [7, 11) is 1.69. The first-order chi connectivity index (χ1) is 12.5. The Balaban J connectivity index is 1.93. The predicted octanol–water partition coefficient (Wildman–Crippen LogP) is 2.65. The van der Waals surface area contributed by atoms with Gasteiger partial charge < -0.3 is 16.4 Å². The van der Waals surface area contributed by atoms with Crippen LogP contribution in [0.2, 0.25) is 0 Å². The Morgan fingerprint density at radius 2 is 1.81 bits per heavy atom. The molecule has 0 heterocycles. The molecule has 0 unspecified atom stereocenters. The number of halogens is 1. The first-order valence-corrected chi connectivity index (χ1v) is 9.52. The van der Waals surface area contributed by atoms with Crippen LogP contribution in [0, 0.1) is 5.82 Å². The van der Waals surface area contributed by atoms with Gasteiger partial charge >= 0.3 is 0 Å². The topological polar surface area (TPSA) is 79.5 Å². The van der Waals surface area contributed by atoms with E-state index in [1.807, 2.05) is 18.4 Å². The molecular weight excluding hydrogens is 351 g/mol. The summed E-state index contributed by atoms with van der Waals surface area (Å²) in [5.41, 5.74) is 8.73. The van der Waals surface area contributed by atoms with E-state index in [0.29, 0.717) is 24.6 Å². The summed E-state index contributed by atoms with van der Waals surface area (Å²) in [4.78, 5) is 15.3. The fraction of sp³-hybridized carbons (Fsp3) is 0.263. The summed E-state index contributed by atoms with van der Waals surface area (Å²) in [6, 6.07) is 11.9.